The van der Waals surface area contributed by atoms with E-state index in [2.05, 4.69) is 25.1 Å². The molecule has 3 aromatic rings. The van der Waals surface area contributed by atoms with Crippen LogP contribution in [0.15, 0.2) is 28.2 Å². The summed E-state index contributed by atoms with van der Waals surface area (Å²) in [5, 5.41) is 8.67. The summed E-state index contributed by atoms with van der Waals surface area (Å²) in [6.07, 6.45) is 7.62. The first kappa shape index (κ1) is 17.3. The minimum absolute atomic E-state index is 0.0958. The molecule has 4 rings (SSSR count). The number of hydrogen-bond acceptors (Lipinski definition) is 5. The van der Waals surface area contributed by atoms with Crippen LogP contribution in [0.25, 0.3) is 10.9 Å². The van der Waals surface area contributed by atoms with Crippen LogP contribution in [0, 0.1) is 12.8 Å². The van der Waals surface area contributed by atoms with E-state index in [4.69, 9.17) is 0 Å². The predicted molar refractivity (Wildman–Crippen MR) is 103 cm³/mol. The molecule has 6 nitrogen and oxygen atoms in total. The number of hydrogen-bond donors (Lipinski definition) is 2. The first-order valence-corrected chi connectivity index (χ1v) is 10.2. The number of rotatable bonds is 6. The number of benzene rings is 1. The van der Waals surface area contributed by atoms with E-state index >= 15 is 0 Å². The SMILES string of the molecule is Cc1cccc2c(=O)[nH]c(CSc3n[nH]c(CCC4CCCC4)n3)nc12. The molecule has 136 valence electrons. The summed E-state index contributed by atoms with van der Waals surface area (Å²) in [5.41, 5.74) is 1.67. The van der Waals surface area contributed by atoms with Gasteiger partial charge in [0.1, 0.15) is 11.6 Å². The molecule has 26 heavy (non-hydrogen) atoms. The normalized spacial score (nSPS) is 15.1. The van der Waals surface area contributed by atoms with Gasteiger partial charge in [-0.15, -0.1) is 5.10 Å². The molecule has 0 unspecified atom stereocenters. The number of fused-ring (bicyclic) bond motifs is 1. The fourth-order valence-electron chi connectivity index (χ4n) is 3.65. The van der Waals surface area contributed by atoms with Gasteiger partial charge in [-0.25, -0.2) is 9.97 Å². The average Bonchev–Trinajstić information content (AvgIpc) is 3.31. The van der Waals surface area contributed by atoms with Crippen LogP contribution in [0.1, 0.15) is 49.3 Å². The minimum Gasteiger partial charge on any atom is -0.309 e. The average molecular weight is 369 g/mol. The predicted octanol–water partition coefficient (Wildman–Crippen LogP) is 3.76. The molecule has 2 aromatic heterocycles. The maximum Gasteiger partial charge on any atom is 0.258 e. The van der Waals surface area contributed by atoms with Crippen molar-refractivity contribution in [2.24, 2.45) is 5.92 Å². The summed E-state index contributed by atoms with van der Waals surface area (Å²) in [4.78, 5) is 24.3. The second kappa shape index (κ2) is 7.61. The smallest absolute Gasteiger partial charge is 0.258 e. The van der Waals surface area contributed by atoms with Gasteiger partial charge in [0.05, 0.1) is 16.7 Å². The van der Waals surface area contributed by atoms with Crippen LogP contribution in [0.3, 0.4) is 0 Å². The van der Waals surface area contributed by atoms with Gasteiger partial charge >= 0.3 is 0 Å². The molecular formula is C19H23N5OS. The Balaban J connectivity index is 1.40. The number of para-hydroxylation sites is 1. The van der Waals surface area contributed by atoms with Crippen molar-refractivity contribution < 1.29 is 0 Å². The van der Waals surface area contributed by atoms with Gasteiger partial charge in [-0.3, -0.25) is 9.89 Å². The summed E-state index contributed by atoms with van der Waals surface area (Å²) in [5.74, 6) is 3.00. The van der Waals surface area contributed by atoms with Crippen LogP contribution in [-0.2, 0) is 12.2 Å². The molecule has 1 aromatic carbocycles. The highest BCUT2D eigenvalue weighted by Gasteiger charge is 2.16. The molecule has 0 bridgehead atoms. The maximum atomic E-state index is 12.2. The van der Waals surface area contributed by atoms with Crippen LogP contribution < -0.4 is 5.56 Å². The Hall–Kier alpha value is -2.15. The van der Waals surface area contributed by atoms with Gasteiger partial charge in [0.25, 0.3) is 5.56 Å². The van der Waals surface area contributed by atoms with Crippen molar-refractivity contribution in [1.82, 2.24) is 25.1 Å². The Kier molecular flexibility index (Phi) is 5.06. The summed E-state index contributed by atoms with van der Waals surface area (Å²) in [6.45, 7) is 1.97. The standard InChI is InChI=1S/C19H23N5OS/c1-12-5-4-8-14-17(12)20-16(21-18(14)25)11-26-19-22-15(23-24-19)10-9-13-6-2-3-7-13/h4-5,8,13H,2-3,6-7,9-11H2,1H3,(H,20,21,25)(H,22,23,24). The van der Waals surface area contributed by atoms with Crippen molar-refractivity contribution in [2.75, 3.05) is 0 Å². The van der Waals surface area contributed by atoms with Gasteiger partial charge in [-0.1, -0.05) is 49.6 Å². The molecule has 1 aliphatic rings. The van der Waals surface area contributed by atoms with Crippen LogP contribution in [0.4, 0.5) is 0 Å². The monoisotopic (exact) mass is 369 g/mol. The zero-order valence-electron chi connectivity index (χ0n) is 14.9. The Morgan fingerprint density at radius 1 is 1.19 bits per heavy atom. The summed E-state index contributed by atoms with van der Waals surface area (Å²) < 4.78 is 0. The Labute approximate surface area is 156 Å². The number of nitrogens with one attached hydrogen (secondary N) is 2. The van der Waals surface area contributed by atoms with Crippen molar-refractivity contribution in [3.8, 4) is 0 Å². The van der Waals surface area contributed by atoms with Crippen molar-refractivity contribution >= 4 is 22.7 Å². The lowest BCUT2D eigenvalue weighted by Gasteiger charge is -2.05. The number of aryl methyl sites for hydroxylation is 2. The highest BCUT2D eigenvalue weighted by atomic mass is 32.2. The molecular weight excluding hydrogens is 346 g/mol. The van der Waals surface area contributed by atoms with Crippen molar-refractivity contribution in [1.29, 1.82) is 0 Å². The van der Waals surface area contributed by atoms with Crippen LogP contribution in [0.2, 0.25) is 0 Å². The fraction of sp³-hybridized carbons (Fsp3) is 0.474. The Morgan fingerprint density at radius 2 is 2.04 bits per heavy atom. The first-order valence-electron chi connectivity index (χ1n) is 9.21. The molecule has 1 saturated carbocycles. The van der Waals surface area contributed by atoms with E-state index < -0.39 is 0 Å². The highest BCUT2D eigenvalue weighted by molar-refractivity contribution is 7.98. The lowest BCUT2D eigenvalue weighted by Crippen LogP contribution is -2.11. The fourth-order valence-corrected chi connectivity index (χ4v) is 4.33. The van der Waals surface area contributed by atoms with Gasteiger partial charge in [0.2, 0.25) is 5.16 Å². The van der Waals surface area contributed by atoms with E-state index in [1.807, 2.05) is 19.1 Å². The first-order chi connectivity index (χ1) is 12.7. The number of aromatic nitrogens is 5. The molecule has 0 saturated heterocycles. The molecule has 7 heteroatoms. The van der Waals surface area contributed by atoms with Crippen LogP contribution in [0.5, 0.6) is 0 Å². The minimum atomic E-state index is -0.0958. The quantitative estimate of drug-likeness (QED) is 0.646. The third-order valence-corrected chi connectivity index (χ3v) is 5.96. The van der Waals surface area contributed by atoms with Crippen molar-refractivity contribution in [2.45, 2.75) is 56.4 Å². The van der Waals surface area contributed by atoms with Gasteiger partial charge in [-0.2, -0.15) is 0 Å². The summed E-state index contributed by atoms with van der Waals surface area (Å²) in [6, 6.07) is 5.65. The van der Waals surface area contributed by atoms with Crippen LogP contribution in [-0.4, -0.2) is 25.1 Å². The molecule has 0 atom stereocenters. The zero-order valence-corrected chi connectivity index (χ0v) is 15.7. The number of aromatic amines is 2. The van der Waals surface area contributed by atoms with E-state index in [1.165, 1.54) is 43.9 Å². The van der Waals surface area contributed by atoms with E-state index in [0.29, 0.717) is 22.1 Å². The van der Waals surface area contributed by atoms with Crippen molar-refractivity contribution in [3.05, 3.63) is 45.8 Å². The van der Waals surface area contributed by atoms with Gasteiger partial charge < -0.3 is 4.98 Å². The lowest BCUT2D eigenvalue weighted by molar-refractivity contribution is 0.497. The third kappa shape index (κ3) is 3.82. The van der Waals surface area contributed by atoms with E-state index in [-0.39, 0.29) is 5.56 Å². The molecule has 0 aliphatic heterocycles. The molecule has 2 N–H and O–H groups in total. The second-order valence-electron chi connectivity index (χ2n) is 7.03. The summed E-state index contributed by atoms with van der Waals surface area (Å²) >= 11 is 1.49. The van der Waals surface area contributed by atoms with Crippen molar-refractivity contribution in [3.63, 3.8) is 0 Å². The molecule has 2 heterocycles. The number of thioether (sulfide) groups is 1. The van der Waals surface area contributed by atoms with Gasteiger partial charge in [0.15, 0.2) is 0 Å². The summed E-state index contributed by atoms with van der Waals surface area (Å²) in [7, 11) is 0. The Morgan fingerprint density at radius 3 is 2.88 bits per heavy atom. The largest absolute Gasteiger partial charge is 0.309 e. The third-order valence-electron chi connectivity index (χ3n) is 5.10. The second-order valence-corrected chi connectivity index (χ2v) is 7.97. The highest BCUT2D eigenvalue weighted by Crippen LogP contribution is 2.28. The zero-order chi connectivity index (χ0) is 17.9. The van der Waals surface area contributed by atoms with E-state index in [1.54, 1.807) is 6.07 Å². The lowest BCUT2D eigenvalue weighted by atomic mass is 10.0. The Bertz CT molecular complexity index is 958. The maximum absolute atomic E-state index is 12.2. The molecule has 0 radical (unpaired) electrons. The topological polar surface area (TPSA) is 87.3 Å². The molecule has 1 aliphatic carbocycles. The molecule has 0 amide bonds. The molecule has 1 fully saturated rings. The van der Waals surface area contributed by atoms with Gasteiger partial charge in [-0.05, 0) is 30.9 Å². The molecule has 0 spiro atoms. The van der Waals surface area contributed by atoms with Gasteiger partial charge in [0, 0.05) is 6.42 Å². The van der Waals surface area contributed by atoms with E-state index in [9.17, 15) is 4.79 Å². The van der Waals surface area contributed by atoms with E-state index in [0.717, 1.165) is 29.2 Å². The number of H-pyrrole nitrogens is 2. The van der Waals surface area contributed by atoms with Crippen LogP contribution >= 0.6 is 11.8 Å². The number of nitrogens with zero attached hydrogens (tertiary/aromatic N) is 3.